The van der Waals surface area contributed by atoms with E-state index in [0.717, 1.165) is 70.6 Å². The van der Waals surface area contributed by atoms with Crippen LogP contribution in [0.25, 0.3) is 0 Å². The van der Waals surface area contributed by atoms with Gasteiger partial charge in [-0.3, -0.25) is 14.4 Å². The van der Waals surface area contributed by atoms with Crippen molar-refractivity contribution in [2.75, 3.05) is 13.2 Å². The van der Waals surface area contributed by atoms with Gasteiger partial charge in [-0.25, -0.2) is 0 Å². The molecule has 0 radical (unpaired) electrons. The van der Waals surface area contributed by atoms with Gasteiger partial charge < -0.3 is 14.2 Å². The third-order valence-corrected chi connectivity index (χ3v) is 11.5. The fourth-order valence-electron chi connectivity index (χ4n) is 7.62. The average molecular weight is 819 g/mol. The number of hydrogen-bond donors (Lipinski definition) is 0. The fraction of sp³-hybridized carbons (Fsp3) is 0.904. The Balaban J connectivity index is 4.22. The lowest BCUT2D eigenvalue weighted by Gasteiger charge is -2.18. The van der Waals surface area contributed by atoms with E-state index < -0.39 is 6.10 Å². The maximum absolute atomic E-state index is 12.7. The third kappa shape index (κ3) is 45.2. The summed E-state index contributed by atoms with van der Waals surface area (Å²) in [5.41, 5.74) is 0. The van der Waals surface area contributed by atoms with E-state index in [4.69, 9.17) is 14.2 Å². The minimum atomic E-state index is -0.765. The van der Waals surface area contributed by atoms with Crippen molar-refractivity contribution in [1.29, 1.82) is 0 Å². The van der Waals surface area contributed by atoms with Crippen molar-refractivity contribution in [2.45, 2.75) is 290 Å². The van der Waals surface area contributed by atoms with Gasteiger partial charge in [0.1, 0.15) is 13.2 Å². The van der Waals surface area contributed by atoms with Gasteiger partial charge in [-0.15, -0.1) is 0 Å². The Hall–Kier alpha value is -1.85. The molecular formula is C52H98O6. The second-order valence-electron chi connectivity index (χ2n) is 17.4. The molecule has 6 heteroatoms. The number of allylic oxidation sites excluding steroid dienone is 2. The van der Waals surface area contributed by atoms with Gasteiger partial charge >= 0.3 is 17.9 Å². The Morgan fingerprint density at radius 3 is 0.931 bits per heavy atom. The molecule has 0 N–H and O–H groups in total. The van der Waals surface area contributed by atoms with Crippen molar-refractivity contribution < 1.29 is 28.6 Å². The largest absolute Gasteiger partial charge is 0.462 e. The number of ether oxygens (including phenoxy) is 3. The Labute approximate surface area is 360 Å². The molecule has 0 aliphatic carbocycles. The van der Waals surface area contributed by atoms with Crippen LogP contribution in [0.3, 0.4) is 0 Å². The number of esters is 3. The summed E-state index contributed by atoms with van der Waals surface area (Å²) in [5, 5.41) is 0. The first kappa shape index (κ1) is 56.1. The summed E-state index contributed by atoms with van der Waals surface area (Å²) in [5.74, 6) is -0.865. The summed E-state index contributed by atoms with van der Waals surface area (Å²) in [6.45, 7) is 6.60. The van der Waals surface area contributed by atoms with Gasteiger partial charge in [0.2, 0.25) is 0 Å². The van der Waals surface area contributed by atoms with E-state index in [2.05, 4.69) is 32.9 Å². The molecule has 1 atom stereocenters. The van der Waals surface area contributed by atoms with E-state index in [9.17, 15) is 14.4 Å². The van der Waals surface area contributed by atoms with Crippen LogP contribution in [0.2, 0.25) is 0 Å². The van der Waals surface area contributed by atoms with Crippen LogP contribution in [0.1, 0.15) is 284 Å². The summed E-state index contributed by atoms with van der Waals surface area (Å²) in [6, 6.07) is 0. The van der Waals surface area contributed by atoms with Gasteiger partial charge in [0.25, 0.3) is 0 Å². The molecule has 6 nitrogen and oxygen atoms in total. The second-order valence-corrected chi connectivity index (χ2v) is 17.4. The maximum atomic E-state index is 12.7. The van der Waals surface area contributed by atoms with Gasteiger partial charge in [0.05, 0.1) is 0 Å². The summed E-state index contributed by atoms with van der Waals surface area (Å²) >= 11 is 0. The van der Waals surface area contributed by atoms with E-state index >= 15 is 0 Å². The van der Waals surface area contributed by atoms with Crippen LogP contribution in [0, 0.1) is 0 Å². The normalized spacial score (nSPS) is 12.0. The van der Waals surface area contributed by atoms with E-state index in [1.807, 2.05) is 0 Å². The van der Waals surface area contributed by atoms with Gasteiger partial charge in [-0.05, 0) is 38.5 Å². The van der Waals surface area contributed by atoms with Crippen LogP contribution in [0.15, 0.2) is 12.2 Å². The van der Waals surface area contributed by atoms with Crippen LogP contribution < -0.4 is 0 Å². The van der Waals surface area contributed by atoms with Crippen LogP contribution in [-0.2, 0) is 28.6 Å². The SMILES string of the molecule is CCC/C=C\CCCCCCCC(=O)OCC(COC(=O)CCCCCCCCCCCCCCCCCCCCC)OC(=O)CCCCCCCCCCCCC. The lowest BCUT2D eigenvalue weighted by Crippen LogP contribution is -2.30. The molecule has 0 saturated carbocycles. The summed E-state index contributed by atoms with van der Waals surface area (Å²) in [7, 11) is 0. The predicted molar refractivity (Wildman–Crippen MR) is 247 cm³/mol. The van der Waals surface area contributed by atoms with Crippen LogP contribution in [0.4, 0.5) is 0 Å². The van der Waals surface area contributed by atoms with Crippen molar-refractivity contribution in [2.24, 2.45) is 0 Å². The molecule has 342 valence electrons. The molecule has 0 aromatic rings. The van der Waals surface area contributed by atoms with Crippen molar-refractivity contribution in [1.82, 2.24) is 0 Å². The number of carbonyl (C=O) groups excluding carboxylic acids is 3. The average Bonchev–Trinajstić information content (AvgIpc) is 3.22. The second kappa shape index (κ2) is 47.8. The first-order valence-corrected chi connectivity index (χ1v) is 25.7. The highest BCUT2D eigenvalue weighted by atomic mass is 16.6. The molecule has 58 heavy (non-hydrogen) atoms. The molecule has 0 aliphatic rings. The number of carbonyl (C=O) groups is 3. The molecular weight excluding hydrogens is 721 g/mol. The zero-order chi connectivity index (χ0) is 42.3. The first-order valence-electron chi connectivity index (χ1n) is 25.7. The quantitative estimate of drug-likeness (QED) is 0.0263. The fourth-order valence-corrected chi connectivity index (χ4v) is 7.62. The molecule has 0 spiro atoms. The van der Waals surface area contributed by atoms with Gasteiger partial charge in [0.15, 0.2) is 6.10 Å². The minimum absolute atomic E-state index is 0.0675. The van der Waals surface area contributed by atoms with Crippen LogP contribution >= 0.6 is 0 Å². The highest BCUT2D eigenvalue weighted by Gasteiger charge is 2.19. The molecule has 0 saturated heterocycles. The molecule has 0 bridgehead atoms. The molecule has 1 unspecified atom stereocenters. The number of rotatable bonds is 47. The molecule has 0 aliphatic heterocycles. The van der Waals surface area contributed by atoms with Gasteiger partial charge in [0, 0.05) is 19.3 Å². The summed E-state index contributed by atoms with van der Waals surface area (Å²) < 4.78 is 16.8. The Morgan fingerprint density at radius 2 is 0.603 bits per heavy atom. The zero-order valence-corrected chi connectivity index (χ0v) is 39.1. The van der Waals surface area contributed by atoms with Crippen LogP contribution in [-0.4, -0.2) is 37.2 Å². The molecule has 0 aromatic carbocycles. The molecule has 0 fully saturated rings. The van der Waals surface area contributed by atoms with Crippen molar-refractivity contribution in [3.05, 3.63) is 12.2 Å². The minimum Gasteiger partial charge on any atom is -0.462 e. The lowest BCUT2D eigenvalue weighted by atomic mass is 10.0. The predicted octanol–water partition coefficient (Wildman–Crippen LogP) is 16.6. The Bertz CT molecular complexity index is 900. The summed E-state index contributed by atoms with van der Waals surface area (Å²) in [4.78, 5) is 37.8. The molecule has 0 heterocycles. The summed E-state index contributed by atoms with van der Waals surface area (Å²) in [6.07, 6.45) is 52.0. The lowest BCUT2D eigenvalue weighted by molar-refractivity contribution is -0.167. The van der Waals surface area contributed by atoms with Gasteiger partial charge in [-0.1, -0.05) is 238 Å². The van der Waals surface area contributed by atoms with Gasteiger partial charge in [-0.2, -0.15) is 0 Å². The van der Waals surface area contributed by atoms with E-state index in [1.165, 1.54) is 173 Å². The van der Waals surface area contributed by atoms with Crippen molar-refractivity contribution in [3.8, 4) is 0 Å². The maximum Gasteiger partial charge on any atom is 0.306 e. The topological polar surface area (TPSA) is 78.9 Å². The van der Waals surface area contributed by atoms with Crippen LogP contribution in [0.5, 0.6) is 0 Å². The number of hydrogen-bond acceptors (Lipinski definition) is 6. The third-order valence-electron chi connectivity index (χ3n) is 11.5. The molecule has 0 aromatic heterocycles. The van der Waals surface area contributed by atoms with E-state index in [0.29, 0.717) is 19.3 Å². The van der Waals surface area contributed by atoms with E-state index in [-0.39, 0.29) is 31.1 Å². The monoisotopic (exact) mass is 819 g/mol. The Kier molecular flexibility index (Phi) is 46.3. The Morgan fingerprint density at radius 1 is 0.328 bits per heavy atom. The molecule has 0 amide bonds. The standard InChI is InChI=1S/C52H98O6/c1-4-7-10-13-16-19-22-23-24-25-26-27-28-29-31-33-36-39-42-45-51(54)57-48-49(47-56-50(53)44-41-38-35-32-21-18-15-12-9-6-3)58-52(55)46-43-40-37-34-30-20-17-14-11-8-5-2/h12,15,49H,4-11,13-14,16-48H2,1-3H3/b15-12-. The van der Waals surface area contributed by atoms with E-state index in [1.54, 1.807) is 0 Å². The number of unbranched alkanes of at least 4 members (excludes halogenated alkanes) is 34. The highest BCUT2D eigenvalue weighted by Crippen LogP contribution is 2.16. The van der Waals surface area contributed by atoms with Crippen molar-refractivity contribution in [3.63, 3.8) is 0 Å². The smallest absolute Gasteiger partial charge is 0.306 e. The van der Waals surface area contributed by atoms with Crippen molar-refractivity contribution >= 4 is 17.9 Å². The first-order chi connectivity index (χ1) is 28.5. The molecule has 0 rings (SSSR count). The zero-order valence-electron chi connectivity index (χ0n) is 39.1. The highest BCUT2D eigenvalue weighted by molar-refractivity contribution is 5.71.